The van der Waals surface area contributed by atoms with Crippen molar-refractivity contribution in [2.75, 3.05) is 19.6 Å². The first-order chi connectivity index (χ1) is 10.7. The number of hydrogen-bond acceptors (Lipinski definition) is 4. The minimum Gasteiger partial charge on any atom is -0.392 e. The quantitative estimate of drug-likeness (QED) is 0.919. The second-order valence-corrected chi connectivity index (χ2v) is 6.77. The summed E-state index contributed by atoms with van der Waals surface area (Å²) in [5, 5.41) is 11.1. The molecule has 1 N–H and O–H groups in total. The van der Waals surface area contributed by atoms with E-state index in [1.54, 1.807) is 0 Å². The maximum absolute atomic E-state index is 9.89. The molecule has 0 saturated carbocycles. The van der Waals surface area contributed by atoms with Gasteiger partial charge in [0.25, 0.3) is 0 Å². The van der Waals surface area contributed by atoms with E-state index in [2.05, 4.69) is 46.0 Å². The Labute approximate surface area is 131 Å². The first-order valence-electron chi connectivity index (χ1n) is 8.19. The first kappa shape index (κ1) is 14.1. The van der Waals surface area contributed by atoms with E-state index >= 15 is 0 Å². The van der Waals surface area contributed by atoms with Crippen molar-refractivity contribution in [3.63, 3.8) is 0 Å². The van der Waals surface area contributed by atoms with E-state index in [9.17, 15) is 5.11 Å². The monoisotopic (exact) mass is 297 g/mol. The molecular weight excluding hydrogens is 274 g/mol. The van der Waals surface area contributed by atoms with Gasteiger partial charge < -0.3 is 5.11 Å². The topological polar surface area (TPSA) is 39.6 Å². The summed E-state index contributed by atoms with van der Waals surface area (Å²) < 4.78 is 0. The number of benzene rings is 1. The van der Waals surface area contributed by atoms with Gasteiger partial charge in [0.15, 0.2) is 0 Å². The molecule has 2 aliphatic rings. The average Bonchev–Trinajstić information content (AvgIpc) is 2.87. The zero-order valence-electron chi connectivity index (χ0n) is 13.0. The summed E-state index contributed by atoms with van der Waals surface area (Å²) in [5.74, 6) is 0. The summed E-state index contributed by atoms with van der Waals surface area (Å²) in [4.78, 5) is 9.57. The van der Waals surface area contributed by atoms with Crippen LogP contribution in [-0.2, 0) is 6.54 Å². The van der Waals surface area contributed by atoms with E-state index in [1.165, 1.54) is 10.9 Å². The third-order valence-electron chi connectivity index (χ3n) is 5.16. The highest BCUT2D eigenvalue weighted by molar-refractivity contribution is 5.81. The largest absolute Gasteiger partial charge is 0.392 e. The van der Waals surface area contributed by atoms with Crippen LogP contribution in [0.3, 0.4) is 0 Å². The highest BCUT2D eigenvalue weighted by Crippen LogP contribution is 2.27. The second-order valence-electron chi connectivity index (χ2n) is 6.77. The lowest BCUT2D eigenvalue weighted by Gasteiger charge is -2.42. The Kier molecular flexibility index (Phi) is 3.60. The second kappa shape index (κ2) is 5.61. The lowest BCUT2D eigenvalue weighted by Crippen LogP contribution is -2.54. The predicted molar refractivity (Wildman–Crippen MR) is 87.6 cm³/mol. The van der Waals surface area contributed by atoms with Crippen LogP contribution in [0.2, 0.25) is 0 Å². The van der Waals surface area contributed by atoms with Crippen molar-refractivity contribution in [3.05, 3.63) is 42.1 Å². The molecule has 3 atom stereocenters. The zero-order chi connectivity index (χ0) is 15.1. The summed E-state index contributed by atoms with van der Waals surface area (Å²) in [6.45, 7) is 6.18. The van der Waals surface area contributed by atoms with Gasteiger partial charge in [-0.3, -0.25) is 14.8 Å². The van der Waals surface area contributed by atoms with Gasteiger partial charge in [-0.05, 0) is 25.0 Å². The third-order valence-corrected chi connectivity index (χ3v) is 5.16. The number of aliphatic hydroxyl groups excluding tert-OH is 1. The molecule has 0 radical (unpaired) electrons. The average molecular weight is 297 g/mol. The van der Waals surface area contributed by atoms with Crippen LogP contribution in [0.1, 0.15) is 18.9 Å². The van der Waals surface area contributed by atoms with Crippen LogP contribution in [0.5, 0.6) is 0 Å². The molecule has 2 aliphatic heterocycles. The van der Waals surface area contributed by atoms with Crippen LogP contribution in [0.25, 0.3) is 10.9 Å². The van der Waals surface area contributed by atoms with Gasteiger partial charge in [0, 0.05) is 49.8 Å². The van der Waals surface area contributed by atoms with Crippen LogP contribution < -0.4 is 0 Å². The van der Waals surface area contributed by atoms with Crippen molar-refractivity contribution >= 4 is 10.9 Å². The summed E-state index contributed by atoms with van der Waals surface area (Å²) in [6.07, 6.45) is 2.65. The molecule has 1 unspecified atom stereocenters. The number of para-hydroxylation sites is 1. The molecule has 4 nitrogen and oxygen atoms in total. The summed E-state index contributed by atoms with van der Waals surface area (Å²) in [6, 6.07) is 11.6. The Bertz CT molecular complexity index is 669. The van der Waals surface area contributed by atoms with E-state index in [-0.39, 0.29) is 6.10 Å². The van der Waals surface area contributed by atoms with Gasteiger partial charge >= 0.3 is 0 Å². The van der Waals surface area contributed by atoms with Crippen molar-refractivity contribution < 1.29 is 5.11 Å². The Morgan fingerprint density at radius 2 is 2.05 bits per heavy atom. The van der Waals surface area contributed by atoms with E-state index in [0.29, 0.717) is 12.1 Å². The molecule has 116 valence electrons. The van der Waals surface area contributed by atoms with Gasteiger partial charge in [0.1, 0.15) is 0 Å². The van der Waals surface area contributed by atoms with E-state index in [4.69, 9.17) is 0 Å². The Hall–Kier alpha value is -1.49. The summed E-state index contributed by atoms with van der Waals surface area (Å²) in [5.41, 5.74) is 2.42. The molecule has 4 heteroatoms. The number of pyridine rings is 1. The van der Waals surface area contributed by atoms with Crippen molar-refractivity contribution in [1.82, 2.24) is 14.8 Å². The Morgan fingerprint density at radius 1 is 1.18 bits per heavy atom. The molecule has 3 heterocycles. The molecule has 1 aromatic heterocycles. The van der Waals surface area contributed by atoms with Crippen LogP contribution in [0, 0.1) is 0 Å². The fourth-order valence-corrected chi connectivity index (χ4v) is 4.01. The molecule has 0 bridgehead atoms. The molecule has 2 saturated heterocycles. The minimum absolute atomic E-state index is 0.142. The van der Waals surface area contributed by atoms with Gasteiger partial charge in [0.2, 0.25) is 0 Å². The molecule has 0 amide bonds. The van der Waals surface area contributed by atoms with Gasteiger partial charge in [0.05, 0.1) is 11.6 Å². The van der Waals surface area contributed by atoms with Crippen LogP contribution in [-0.4, -0.2) is 57.7 Å². The van der Waals surface area contributed by atoms with Crippen LogP contribution >= 0.6 is 0 Å². The molecule has 4 rings (SSSR count). The van der Waals surface area contributed by atoms with Crippen molar-refractivity contribution in [3.8, 4) is 0 Å². The summed E-state index contributed by atoms with van der Waals surface area (Å²) in [7, 11) is 0. The molecule has 0 aliphatic carbocycles. The molecule has 1 aromatic carbocycles. The predicted octanol–water partition coefficient (Wildman–Crippen LogP) is 1.87. The number of rotatable bonds is 2. The fraction of sp³-hybridized carbons (Fsp3) is 0.500. The number of hydrogen-bond donors (Lipinski definition) is 1. The SMILES string of the molecule is C[C@@H]1CN2C[C@H](O)CC2CN1Cc1cccc2cccnc12. The molecule has 2 fully saturated rings. The van der Waals surface area contributed by atoms with E-state index < -0.39 is 0 Å². The molecule has 0 spiro atoms. The van der Waals surface area contributed by atoms with Gasteiger partial charge in [-0.15, -0.1) is 0 Å². The third kappa shape index (κ3) is 2.51. The number of fused-ring (bicyclic) bond motifs is 2. The minimum atomic E-state index is -0.142. The Morgan fingerprint density at radius 3 is 2.95 bits per heavy atom. The highest BCUT2D eigenvalue weighted by atomic mass is 16.3. The smallest absolute Gasteiger partial charge is 0.0746 e. The maximum Gasteiger partial charge on any atom is 0.0746 e. The highest BCUT2D eigenvalue weighted by Gasteiger charge is 2.38. The molecular formula is C18H23N3O. The summed E-state index contributed by atoms with van der Waals surface area (Å²) >= 11 is 0. The van der Waals surface area contributed by atoms with Crippen molar-refractivity contribution in [2.24, 2.45) is 0 Å². The lowest BCUT2D eigenvalue weighted by atomic mass is 10.0. The fourth-order valence-electron chi connectivity index (χ4n) is 4.01. The van der Waals surface area contributed by atoms with Gasteiger partial charge in [-0.2, -0.15) is 0 Å². The number of aromatic nitrogens is 1. The first-order valence-corrected chi connectivity index (χ1v) is 8.19. The van der Waals surface area contributed by atoms with Crippen molar-refractivity contribution in [1.29, 1.82) is 0 Å². The van der Waals surface area contributed by atoms with Crippen LogP contribution in [0.15, 0.2) is 36.5 Å². The van der Waals surface area contributed by atoms with E-state index in [0.717, 1.165) is 38.1 Å². The number of aliphatic hydroxyl groups is 1. The number of nitrogens with zero attached hydrogens (tertiary/aromatic N) is 3. The van der Waals surface area contributed by atoms with Crippen molar-refractivity contribution in [2.45, 2.75) is 38.1 Å². The Balaban J connectivity index is 1.57. The zero-order valence-corrected chi connectivity index (χ0v) is 13.0. The van der Waals surface area contributed by atoms with E-state index in [1.807, 2.05) is 12.3 Å². The molecule has 2 aromatic rings. The maximum atomic E-state index is 9.89. The standard InChI is InChI=1S/C18H23N3O/c1-13-9-21-12-17(22)8-16(21)11-20(13)10-15-5-2-4-14-6-3-7-19-18(14)15/h2-7,13,16-17,22H,8-12H2,1H3/t13-,16?,17-/m1/s1. The lowest BCUT2D eigenvalue weighted by molar-refractivity contribution is 0.0531. The molecule has 22 heavy (non-hydrogen) atoms. The van der Waals surface area contributed by atoms with Crippen LogP contribution in [0.4, 0.5) is 0 Å². The van der Waals surface area contributed by atoms with Gasteiger partial charge in [-0.1, -0.05) is 24.3 Å². The normalized spacial score (nSPS) is 29.8. The number of piperazine rings is 1. The van der Waals surface area contributed by atoms with Gasteiger partial charge in [-0.25, -0.2) is 0 Å².